The molecule has 0 N–H and O–H groups in total. The molecule has 0 radical (unpaired) electrons. The number of hydrogen-bond acceptors (Lipinski definition) is 4. The summed E-state index contributed by atoms with van der Waals surface area (Å²) in [6, 6.07) is 0. The number of rotatable bonds is 2. The molecule has 1 saturated heterocycles. The van der Waals surface area contributed by atoms with Crippen LogP contribution in [-0.2, 0) is 19.1 Å². The average Bonchev–Trinajstić information content (AvgIpc) is 2.80. The second kappa shape index (κ2) is 4.56. The highest BCUT2D eigenvalue weighted by molar-refractivity contribution is 5.76. The lowest BCUT2D eigenvalue weighted by Gasteiger charge is -2.25. The Morgan fingerprint density at radius 1 is 1.39 bits per heavy atom. The van der Waals surface area contributed by atoms with E-state index in [1.165, 1.54) is 0 Å². The standard InChI is InChI=1S/C14H22O4/c1-8(18-13(16)14(2,3)4)9-5-10-7-17-12(15)11(10)6-9/h8-11H,5-7H2,1-4H3. The van der Waals surface area contributed by atoms with Gasteiger partial charge in [0.1, 0.15) is 6.10 Å². The maximum absolute atomic E-state index is 11.8. The molecule has 4 nitrogen and oxygen atoms in total. The lowest BCUT2D eigenvalue weighted by molar-refractivity contribution is -0.160. The lowest BCUT2D eigenvalue weighted by atomic mass is 9.96. The first-order valence-corrected chi connectivity index (χ1v) is 6.66. The van der Waals surface area contributed by atoms with Crippen LogP contribution in [0, 0.1) is 23.2 Å². The Morgan fingerprint density at radius 2 is 2.06 bits per heavy atom. The van der Waals surface area contributed by atoms with Gasteiger partial charge in [0.15, 0.2) is 0 Å². The van der Waals surface area contributed by atoms with Gasteiger partial charge in [0.05, 0.1) is 17.9 Å². The highest BCUT2D eigenvalue weighted by Crippen LogP contribution is 2.43. The number of hydrogen-bond donors (Lipinski definition) is 0. The smallest absolute Gasteiger partial charge is 0.311 e. The van der Waals surface area contributed by atoms with E-state index in [0.717, 1.165) is 12.8 Å². The van der Waals surface area contributed by atoms with Crippen molar-refractivity contribution in [2.45, 2.75) is 46.6 Å². The minimum absolute atomic E-state index is 0.0331. The van der Waals surface area contributed by atoms with Gasteiger partial charge < -0.3 is 9.47 Å². The van der Waals surface area contributed by atoms with Gasteiger partial charge in [-0.2, -0.15) is 0 Å². The average molecular weight is 254 g/mol. The molecule has 1 heterocycles. The quantitative estimate of drug-likeness (QED) is 0.709. The topological polar surface area (TPSA) is 52.6 Å². The van der Waals surface area contributed by atoms with Crippen molar-refractivity contribution in [1.29, 1.82) is 0 Å². The van der Waals surface area contributed by atoms with Crippen LogP contribution in [-0.4, -0.2) is 24.6 Å². The minimum atomic E-state index is -0.471. The molecule has 0 spiro atoms. The molecule has 4 atom stereocenters. The maximum atomic E-state index is 11.8. The monoisotopic (exact) mass is 254 g/mol. The lowest BCUT2D eigenvalue weighted by Crippen LogP contribution is -2.30. The summed E-state index contributed by atoms with van der Waals surface area (Å²) < 4.78 is 10.5. The highest BCUT2D eigenvalue weighted by atomic mass is 16.5. The van der Waals surface area contributed by atoms with E-state index < -0.39 is 5.41 Å². The van der Waals surface area contributed by atoms with Crippen LogP contribution in [0.2, 0.25) is 0 Å². The van der Waals surface area contributed by atoms with E-state index in [-0.39, 0.29) is 24.0 Å². The fourth-order valence-corrected chi connectivity index (χ4v) is 2.76. The van der Waals surface area contributed by atoms with Crippen LogP contribution in [0.15, 0.2) is 0 Å². The largest absolute Gasteiger partial charge is 0.465 e. The zero-order valence-corrected chi connectivity index (χ0v) is 11.6. The van der Waals surface area contributed by atoms with Crippen molar-refractivity contribution in [3.63, 3.8) is 0 Å². The molecule has 4 heteroatoms. The van der Waals surface area contributed by atoms with E-state index in [9.17, 15) is 9.59 Å². The van der Waals surface area contributed by atoms with Crippen molar-refractivity contribution in [3.05, 3.63) is 0 Å². The Bertz CT molecular complexity index is 355. The van der Waals surface area contributed by atoms with Crippen LogP contribution in [0.5, 0.6) is 0 Å². The van der Waals surface area contributed by atoms with Crippen molar-refractivity contribution in [2.24, 2.45) is 23.2 Å². The first-order valence-electron chi connectivity index (χ1n) is 6.66. The molecule has 0 bridgehead atoms. The van der Waals surface area contributed by atoms with Gasteiger partial charge in [-0.15, -0.1) is 0 Å². The van der Waals surface area contributed by atoms with Crippen LogP contribution in [0.3, 0.4) is 0 Å². The number of carbonyl (C=O) groups excluding carboxylic acids is 2. The second-order valence-corrected chi connectivity index (χ2v) is 6.59. The first-order chi connectivity index (χ1) is 8.29. The Balaban J connectivity index is 1.90. The van der Waals surface area contributed by atoms with E-state index in [0.29, 0.717) is 18.4 Å². The maximum Gasteiger partial charge on any atom is 0.311 e. The third kappa shape index (κ3) is 2.52. The second-order valence-electron chi connectivity index (χ2n) is 6.59. The molecule has 1 aliphatic heterocycles. The van der Waals surface area contributed by atoms with Gasteiger partial charge in [0.2, 0.25) is 0 Å². The Morgan fingerprint density at radius 3 is 2.61 bits per heavy atom. The molecule has 2 fully saturated rings. The molecular weight excluding hydrogens is 232 g/mol. The van der Waals surface area contributed by atoms with Gasteiger partial charge in [-0.3, -0.25) is 9.59 Å². The first kappa shape index (κ1) is 13.4. The fourth-order valence-electron chi connectivity index (χ4n) is 2.76. The van der Waals surface area contributed by atoms with Crippen LogP contribution in [0.25, 0.3) is 0 Å². The zero-order valence-electron chi connectivity index (χ0n) is 11.6. The van der Waals surface area contributed by atoms with Gasteiger partial charge in [0.25, 0.3) is 0 Å². The zero-order chi connectivity index (χ0) is 13.5. The van der Waals surface area contributed by atoms with E-state index in [1.807, 2.05) is 27.7 Å². The molecule has 2 rings (SSSR count). The number of cyclic esters (lactones) is 1. The molecule has 4 unspecified atom stereocenters. The van der Waals surface area contributed by atoms with E-state index in [2.05, 4.69) is 0 Å². The molecule has 2 aliphatic rings. The molecule has 102 valence electrons. The normalized spacial score (nSPS) is 32.9. The summed E-state index contributed by atoms with van der Waals surface area (Å²) in [5.41, 5.74) is -0.471. The molecule has 0 aromatic heterocycles. The Kier molecular flexibility index (Phi) is 3.39. The van der Waals surface area contributed by atoms with Gasteiger partial charge in [-0.25, -0.2) is 0 Å². The highest BCUT2D eigenvalue weighted by Gasteiger charge is 2.46. The van der Waals surface area contributed by atoms with Crippen molar-refractivity contribution in [1.82, 2.24) is 0 Å². The summed E-state index contributed by atoms with van der Waals surface area (Å²) in [5, 5.41) is 0. The molecular formula is C14H22O4. The van der Waals surface area contributed by atoms with E-state index in [4.69, 9.17) is 9.47 Å². The van der Waals surface area contributed by atoms with E-state index >= 15 is 0 Å². The summed E-state index contributed by atoms with van der Waals surface area (Å²) in [5.74, 6) is 0.412. The van der Waals surface area contributed by atoms with Crippen molar-refractivity contribution in [3.8, 4) is 0 Å². The van der Waals surface area contributed by atoms with Gasteiger partial charge in [0, 0.05) is 5.92 Å². The number of carbonyl (C=O) groups is 2. The van der Waals surface area contributed by atoms with Crippen LogP contribution in [0.4, 0.5) is 0 Å². The van der Waals surface area contributed by atoms with Crippen molar-refractivity contribution >= 4 is 11.9 Å². The van der Waals surface area contributed by atoms with Crippen LogP contribution < -0.4 is 0 Å². The van der Waals surface area contributed by atoms with Gasteiger partial charge >= 0.3 is 11.9 Å². The Labute approximate surface area is 108 Å². The molecule has 0 aromatic rings. The molecule has 0 aromatic carbocycles. The van der Waals surface area contributed by atoms with Gasteiger partial charge in [-0.05, 0) is 46.5 Å². The summed E-state index contributed by atoms with van der Waals surface area (Å²) in [7, 11) is 0. The van der Waals surface area contributed by atoms with Crippen LogP contribution in [0.1, 0.15) is 40.5 Å². The van der Waals surface area contributed by atoms with Gasteiger partial charge in [-0.1, -0.05) is 0 Å². The summed E-state index contributed by atoms with van der Waals surface area (Å²) in [4.78, 5) is 23.3. The summed E-state index contributed by atoms with van der Waals surface area (Å²) >= 11 is 0. The molecule has 18 heavy (non-hydrogen) atoms. The number of ether oxygens (including phenoxy) is 2. The van der Waals surface area contributed by atoms with Crippen LogP contribution >= 0.6 is 0 Å². The predicted octanol–water partition coefficient (Wildman–Crippen LogP) is 2.16. The SMILES string of the molecule is CC(OC(=O)C(C)(C)C)C1CC2COC(=O)C2C1. The van der Waals surface area contributed by atoms with Crippen molar-refractivity contribution in [2.75, 3.05) is 6.61 Å². The number of esters is 2. The predicted molar refractivity (Wildman–Crippen MR) is 65.7 cm³/mol. The minimum Gasteiger partial charge on any atom is -0.465 e. The van der Waals surface area contributed by atoms with Crippen molar-refractivity contribution < 1.29 is 19.1 Å². The summed E-state index contributed by atoms with van der Waals surface area (Å²) in [6.45, 7) is 8.02. The third-order valence-corrected chi connectivity index (χ3v) is 4.04. The fraction of sp³-hybridized carbons (Fsp3) is 0.857. The summed E-state index contributed by atoms with van der Waals surface area (Å²) in [6.07, 6.45) is 1.60. The third-order valence-electron chi connectivity index (χ3n) is 4.04. The Hall–Kier alpha value is -1.06. The molecule has 1 saturated carbocycles. The molecule has 1 aliphatic carbocycles. The van der Waals surface area contributed by atoms with E-state index in [1.54, 1.807) is 0 Å². The number of fused-ring (bicyclic) bond motifs is 1. The molecule has 0 amide bonds.